The molecule has 0 aromatic carbocycles. The molecule has 3 aliphatic rings. The van der Waals surface area contributed by atoms with Gasteiger partial charge in [-0.25, -0.2) is 0 Å². The van der Waals surface area contributed by atoms with Gasteiger partial charge in [0.1, 0.15) is 73.2 Å². The van der Waals surface area contributed by atoms with Crippen LogP contribution in [-0.4, -0.2) is 193 Å². The average molecular weight is 1170 g/mol. The zero-order valence-corrected chi connectivity index (χ0v) is 50.3. The first-order valence-electron chi connectivity index (χ1n) is 32.8. The van der Waals surface area contributed by atoms with Crippen LogP contribution in [0.2, 0.25) is 0 Å². The number of hydrogen-bond donors (Lipinski definition) is 12. The van der Waals surface area contributed by atoms with E-state index in [4.69, 9.17) is 28.4 Å². The summed E-state index contributed by atoms with van der Waals surface area (Å²) in [5.74, 6) is -0.237. The molecule has 3 heterocycles. The van der Waals surface area contributed by atoms with Gasteiger partial charge < -0.3 is 89.9 Å². The van der Waals surface area contributed by atoms with Gasteiger partial charge in [-0.15, -0.1) is 0 Å². The second-order valence-electron chi connectivity index (χ2n) is 23.9. The second kappa shape index (κ2) is 46.0. The first-order chi connectivity index (χ1) is 39.3. The molecule has 17 atom stereocenters. The molecule has 3 aliphatic heterocycles. The highest BCUT2D eigenvalue weighted by Gasteiger charge is 2.53. The Morgan fingerprint density at radius 2 is 0.704 bits per heavy atom. The van der Waals surface area contributed by atoms with Gasteiger partial charge in [0, 0.05) is 6.42 Å². The van der Waals surface area contributed by atoms with Crippen molar-refractivity contribution >= 4 is 5.91 Å². The Morgan fingerprint density at radius 3 is 1.07 bits per heavy atom. The summed E-state index contributed by atoms with van der Waals surface area (Å²) in [6, 6.07) is -0.880. The number of unbranched alkanes of at least 4 members (excludes halogenated alkanes) is 34. The number of aliphatic hydroxyl groups is 11. The maximum absolute atomic E-state index is 13.4. The van der Waals surface area contributed by atoms with Crippen LogP contribution in [-0.2, 0) is 33.2 Å². The molecule has 3 fully saturated rings. The number of aliphatic hydroxyl groups excluding tert-OH is 11. The molecule has 0 radical (unpaired) electrons. The van der Waals surface area contributed by atoms with Crippen molar-refractivity contribution in [1.29, 1.82) is 0 Å². The maximum Gasteiger partial charge on any atom is 0.220 e. The lowest BCUT2D eigenvalue weighted by Gasteiger charge is -2.48. The van der Waals surface area contributed by atoms with Crippen LogP contribution in [0.5, 0.6) is 0 Å². The third kappa shape index (κ3) is 29.4. The zero-order valence-electron chi connectivity index (χ0n) is 50.3. The molecule has 19 heteroatoms. The van der Waals surface area contributed by atoms with Crippen molar-refractivity contribution in [2.75, 3.05) is 26.4 Å². The number of nitrogens with one attached hydrogen (secondary N) is 1. The van der Waals surface area contributed by atoms with Crippen LogP contribution in [0.25, 0.3) is 0 Å². The van der Waals surface area contributed by atoms with E-state index in [9.17, 15) is 61.0 Å². The van der Waals surface area contributed by atoms with Crippen LogP contribution in [0.3, 0.4) is 0 Å². The van der Waals surface area contributed by atoms with E-state index in [1.54, 1.807) is 0 Å². The maximum atomic E-state index is 13.4. The summed E-state index contributed by atoms with van der Waals surface area (Å²) in [6.45, 7) is 1.83. The number of carbonyl (C=O) groups is 1. The minimum atomic E-state index is -1.97. The van der Waals surface area contributed by atoms with Gasteiger partial charge in [0.25, 0.3) is 0 Å². The molecular weight excluding hydrogens is 1050 g/mol. The van der Waals surface area contributed by atoms with Crippen LogP contribution in [0, 0.1) is 0 Å². The fourth-order valence-corrected chi connectivity index (χ4v) is 11.6. The van der Waals surface area contributed by atoms with Gasteiger partial charge in [-0.05, 0) is 12.8 Å². The third-order valence-electron chi connectivity index (χ3n) is 16.9. The Bertz CT molecular complexity index is 1490. The molecule has 0 saturated carbocycles. The molecule has 3 rings (SSSR count). The van der Waals surface area contributed by atoms with Gasteiger partial charge in [0.2, 0.25) is 5.91 Å². The first kappa shape index (κ1) is 74.0. The highest BCUT2D eigenvalue weighted by Crippen LogP contribution is 2.33. The number of hydrogen-bond acceptors (Lipinski definition) is 18. The Kier molecular flexibility index (Phi) is 42.1. The van der Waals surface area contributed by atoms with Gasteiger partial charge >= 0.3 is 0 Å². The van der Waals surface area contributed by atoms with Crippen molar-refractivity contribution in [2.24, 2.45) is 0 Å². The number of amides is 1. The summed E-state index contributed by atoms with van der Waals surface area (Å²) in [7, 11) is 0. The van der Waals surface area contributed by atoms with Crippen LogP contribution in [0.15, 0.2) is 0 Å². The lowest BCUT2D eigenvalue weighted by Crippen LogP contribution is -2.66. The van der Waals surface area contributed by atoms with E-state index in [0.717, 1.165) is 44.9 Å². The second-order valence-corrected chi connectivity index (χ2v) is 23.9. The fraction of sp³-hybridized carbons (Fsp3) is 0.984. The highest BCUT2D eigenvalue weighted by atomic mass is 16.8. The molecule has 0 aromatic rings. The predicted molar refractivity (Wildman–Crippen MR) is 310 cm³/mol. The van der Waals surface area contributed by atoms with Crippen LogP contribution in [0.1, 0.15) is 258 Å². The zero-order chi connectivity index (χ0) is 59.0. The van der Waals surface area contributed by atoms with Crippen molar-refractivity contribution in [3.05, 3.63) is 0 Å². The molecule has 0 aliphatic carbocycles. The van der Waals surface area contributed by atoms with E-state index in [1.807, 2.05) is 0 Å². The predicted octanol–water partition coefficient (Wildman–Crippen LogP) is 7.16. The lowest BCUT2D eigenvalue weighted by atomic mass is 9.96. The minimum absolute atomic E-state index is 0.237. The van der Waals surface area contributed by atoms with Crippen molar-refractivity contribution < 1.29 is 89.4 Å². The molecule has 1 amide bonds. The van der Waals surface area contributed by atoms with Gasteiger partial charge in [-0.2, -0.15) is 0 Å². The molecule has 19 nitrogen and oxygen atoms in total. The number of ether oxygens (including phenoxy) is 6. The summed E-state index contributed by atoms with van der Waals surface area (Å²) < 4.78 is 34.4. The van der Waals surface area contributed by atoms with E-state index < -0.39 is 124 Å². The molecule has 12 N–H and O–H groups in total. The summed E-state index contributed by atoms with van der Waals surface area (Å²) in [5, 5.41) is 120. The molecule has 81 heavy (non-hydrogen) atoms. The molecule has 3 saturated heterocycles. The molecule has 0 spiro atoms. The summed E-state index contributed by atoms with van der Waals surface area (Å²) >= 11 is 0. The number of carbonyl (C=O) groups excluding carboxylic acids is 1. The average Bonchev–Trinajstić information content (AvgIpc) is 3.51. The largest absolute Gasteiger partial charge is 0.394 e. The first-order valence-corrected chi connectivity index (χ1v) is 32.8. The SMILES string of the molecule is CCCCCCCCCCCCCCCCCCCCCC(=O)NC(COC1OC(CO)C(OC2OC(CO)C(OC3OC(CO)C(O)C(O)C3O)C(O)C2O)C(O)C1O)C(O)CCCCCCCCCCCCCCCCCCC. The molecule has 0 bridgehead atoms. The third-order valence-corrected chi connectivity index (χ3v) is 16.9. The normalized spacial score (nSPS) is 29.7. The molecule has 17 unspecified atom stereocenters. The molecule has 0 aromatic heterocycles. The standard InChI is InChI=1S/C62H119NO18/c1-3-5-7-9-11-13-15-17-19-21-22-24-26-28-30-32-34-36-38-40-50(68)63-45(46(67)39-37-35-33-31-29-27-25-23-20-18-16-14-12-10-8-6-4-2)44-76-60-56(74)53(71)58(48(42-65)78-60)81-62-57(75)54(72)59(49(43-66)79-62)80-61-55(73)52(70)51(69)47(41-64)77-61/h45-49,51-62,64-67,69-75H,3-44H2,1-2H3,(H,63,68). The van der Waals surface area contributed by atoms with Gasteiger partial charge in [-0.3, -0.25) is 4.79 Å². The summed E-state index contributed by atoms with van der Waals surface area (Å²) in [5.41, 5.74) is 0. The summed E-state index contributed by atoms with van der Waals surface area (Å²) in [6.07, 6.45) is 18.9. The Morgan fingerprint density at radius 1 is 0.395 bits per heavy atom. The summed E-state index contributed by atoms with van der Waals surface area (Å²) in [4.78, 5) is 13.4. The van der Waals surface area contributed by atoms with Crippen molar-refractivity contribution in [3.8, 4) is 0 Å². The van der Waals surface area contributed by atoms with E-state index in [0.29, 0.717) is 12.8 Å². The Balaban J connectivity index is 1.46. The number of rotatable bonds is 50. The van der Waals surface area contributed by atoms with Gasteiger partial charge in [0.05, 0.1) is 38.6 Å². The minimum Gasteiger partial charge on any atom is -0.394 e. The quantitative estimate of drug-likeness (QED) is 0.0269. The Labute approximate surface area is 487 Å². The topological polar surface area (TPSA) is 307 Å². The van der Waals surface area contributed by atoms with Crippen LogP contribution < -0.4 is 5.32 Å². The van der Waals surface area contributed by atoms with E-state index in [2.05, 4.69) is 19.2 Å². The van der Waals surface area contributed by atoms with E-state index in [-0.39, 0.29) is 18.9 Å². The fourth-order valence-electron chi connectivity index (χ4n) is 11.6. The lowest BCUT2D eigenvalue weighted by molar-refractivity contribution is -0.379. The van der Waals surface area contributed by atoms with Crippen LogP contribution in [0.4, 0.5) is 0 Å². The van der Waals surface area contributed by atoms with Gasteiger partial charge in [0.15, 0.2) is 18.9 Å². The Hall–Kier alpha value is -1.21. The van der Waals surface area contributed by atoms with Crippen molar-refractivity contribution in [2.45, 2.75) is 362 Å². The van der Waals surface area contributed by atoms with Crippen LogP contribution >= 0.6 is 0 Å². The van der Waals surface area contributed by atoms with Gasteiger partial charge in [-0.1, -0.05) is 239 Å². The molecule has 480 valence electrons. The van der Waals surface area contributed by atoms with Crippen molar-refractivity contribution in [3.63, 3.8) is 0 Å². The smallest absolute Gasteiger partial charge is 0.220 e. The van der Waals surface area contributed by atoms with E-state index >= 15 is 0 Å². The van der Waals surface area contributed by atoms with Crippen molar-refractivity contribution in [1.82, 2.24) is 5.32 Å². The monoisotopic (exact) mass is 1170 g/mol. The van der Waals surface area contributed by atoms with E-state index in [1.165, 1.54) is 180 Å². The molecular formula is C62H119NO18. The highest BCUT2D eigenvalue weighted by molar-refractivity contribution is 5.76.